The third kappa shape index (κ3) is 1.29. The van der Waals surface area contributed by atoms with Gasteiger partial charge in [-0.15, -0.1) is 0 Å². The van der Waals surface area contributed by atoms with Crippen molar-refractivity contribution in [3.63, 3.8) is 0 Å². The highest BCUT2D eigenvalue weighted by Crippen LogP contribution is 2.74. The molecule has 1 aliphatic heterocycles. The molecule has 0 radical (unpaired) electrons. The molecule has 3 heteroatoms. The summed E-state index contributed by atoms with van der Waals surface area (Å²) >= 11 is 5.59. The first-order valence-corrected chi connectivity index (χ1v) is 11.0. The van der Waals surface area contributed by atoms with Gasteiger partial charge in [0.1, 0.15) is 0 Å². The fraction of sp³-hybridized carbons (Fsp3) is 0.952. The topological polar surface area (TPSA) is 18.5 Å². The summed E-state index contributed by atoms with van der Waals surface area (Å²) in [7, 11) is 0. The predicted octanol–water partition coefficient (Wildman–Crippen LogP) is 4.71. The van der Waals surface area contributed by atoms with E-state index in [1.807, 2.05) is 0 Å². The summed E-state index contributed by atoms with van der Waals surface area (Å²) in [6.07, 6.45) is 14.0. The molecule has 0 N–H and O–H groups in total. The van der Waals surface area contributed by atoms with Crippen molar-refractivity contribution in [2.45, 2.75) is 75.4 Å². The van der Waals surface area contributed by atoms with Gasteiger partial charge in [0.25, 0.3) is 0 Å². The second-order valence-corrected chi connectivity index (χ2v) is 10.7. The predicted molar refractivity (Wildman–Crippen MR) is 94.3 cm³/mol. The molecule has 130 valence electrons. The minimum atomic E-state index is -0.0293. The molecule has 0 aromatic heterocycles. The Kier molecular flexibility index (Phi) is 2.40. The van der Waals surface area contributed by atoms with E-state index in [1.54, 1.807) is 0 Å². The van der Waals surface area contributed by atoms with Crippen LogP contribution in [0.25, 0.3) is 0 Å². The van der Waals surface area contributed by atoms with Gasteiger partial charge in [-0.1, -0.05) is 0 Å². The van der Waals surface area contributed by atoms with Gasteiger partial charge in [0.15, 0.2) is 11.2 Å². The monoisotopic (exact) mass is 344 g/mol. The number of thiocarbonyl (C=S) groups is 1. The molecule has 0 amide bonds. The summed E-state index contributed by atoms with van der Waals surface area (Å²) in [4.78, 5) is 0. The van der Waals surface area contributed by atoms with Crippen LogP contribution in [0, 0.1) is 47.3 Å². The van der Waals surface area contributed by atoms with Crippen molar-refractivity contribution in [3.05, 3.63) is 0 Å². The first-order valence-electron chi connectivity index (χ1n) is 10.6. The molecule has 0 aromatic rings. The molecule has 0 aromatic carbocycles. The second kappa shape index (κ2) is 4.15. The van der Waals surface area contributed by atoms with Crippen LogP contribution in [0.1, 0.15) is 64.2 Å². The molecule has 6 aliphatic carbocycles. The molecular weight excluding hydrogens is 316 g/mol. The first-order chi connectivity index (χ1) is 11.7. The van der Waals surface area contributed by atoms with Gasteiger partial charge in [-0.25, -0.2) is 0 Å². The molecule has 1 saturated heterocycles. The molecule has 1 heterocycles. The first kappa shape index (κ1) is 13.8. The quantitative estimate of drug-likeness (QED) is 0.593. The zero-order valence-corrected chi connectivity index (χ0v) is 15.2. The van der Waals surface area contributed by atoms with Crippen LogP contribution in [0.5, 0.6) is 0 Å². The molecule has 2 spiro atoms. The average molecular weight is 345 g/mol. The van der Waals surface area contributed by atoms with Gasteiger partial charge in [0.05, 0.1) is 0 Å². The lowest BCUT2D eigenvalue weighted by molar-refractivity contribution is -0.106. The van der Waals surface area contributed by atoms with E-state index < -0.39 is 0 Å². The molecule has 0 bridgehead atoms. The lowest BCUT2D eigenvalue weighted by atomic mass is 9.67. The van der Waals surface area contributed by atoms with Gasteiger partial charge in [-0.3, -0.25) is 0 Å². The Bertz CT molecular complexity index is 581. The maximum Gasteiger partial charge on any atom is 0.353 e. The van der Waals surface area contributed by atoms with Gasteiger partial charge in [0, 0.05) is 24.1 Å². The summed E-state index contributed by atoms with van der Waals surface area (Å²) in [5, 5.41) is 0.516. The molecule has 7 aliphatic rings. The number of hydrogen-bond acceptors (Lipinski definition) is 3. The largest absolute Gasteiger partial charge is 0.446 e. The van der Waals surface area contributed by atoms with E-state index >= 15 is 0 Å². The van der Waals surface area contributed by atoms with E-state index in [9.17, 15) is 0 Å². The Morgan fingerprint density at radius 2 is 1.04 bits per heavy atom. The van der Waals surface area contributed by atoms with E-state index in [0.717, 1.165) is 47.3 Å². The number of rotatable bonds is 0. The van der Waals surface area contributed by atoms with Gasteiger partial charge in [-0.05, 0) is 99.7 Å². The maximum absolute atomic E-state index is 6.64. The Hall–Kier alpha value is -0.310. The summed E-state index contributed by atoms with van der Waals surface area (Å²) in [5.41, 5.74) is -0.0586. The van der Waals surface area contributed by atoms with Crippen LogP contribution < -0.4 is 0 Å². The fourth-order valence-electron chi connectivity index (χ4n) is 9.90. The normalized spacial score (nSPS) is 64.9. The van der Waals surface area contributed by atoms with Crippen LogP contribution in [0.3, 0.4) is 0 Å². The maximum atomic E-state index is 6.64. The zero-order valence-electron chi connectivity index (χ0n) is 14.4. The Labute approximate surface area is 150 Å². The number of fused-ring (bicyclic) bond motifs is 3. The zero-order chi connectivity index (χ0) is 15.7. The van der Waals surface area contributed by atoms with Crippen molar-refractivity contribution in [1.29, 1.82) is 0 Å². The molecule has 7 fully saturated rings. The Balaban J connectivity index is 1.38. The van der Waals surface area contributed by atoms with Gasteiger partial charge < -0.3 is 9.47 Å². The van der Waals surface area contributed by atoms with Crippen LogP contribution in [0.15, 0.2) is 0 Å². The number of hydrogen-bond donors (Lipinski definition) is 0. The molecular formula is C21H28O2S. The van der Waals surface area contributed by atoms with Crippen molar-refractivity contribution < 1.29 is 9.47 Å². The standard InChI is InChI=1S/C21H28O2S/c24-19-22-20(9-13-3-1-11-5-7-15(20)17(11)13)21(23-19)10-14-4-2-12-6-8-16(21)18(12)14/h11-18H,1-10H2/t11-,12-,13-,14+,15-,16-,17+,18+,20-,21-/m0/s1. The Morgan fingerprint density at radius 1 is 0.625 bits per heavy atom. The van der Waals surface area contributed by atoms with Crippen LogP contribution >= 0.6 is 12.2 Å². The van der Waals surface area contributed by atoms with Gasteiger partial charge >= 0.3 is 5.24 Å². The summed E-state index contributed by atoms with van der Waals surface area (Å²) in [5.74, 6) is 7.15. The smallest absolute Gasteiger partial charge is 0.353 e. The minimum Gasteiger partial charge on any atom is -0.446 e. The van der Waals surface area contributed by atoms with E-state index in [2.05, 4.69) is 0 Å². The van der Waals surface area contributed by atoms with Gasteiger partial charge in [-0.2, -0.15) is 0 Å². The highest BCUT2D eigenvalue weighted by molar-refractivity contribution is 7.79. The summed E-state index contributed by atoms with van der Waals surface area (Å²) in [6, 6.07) is 0. The molecule has 7 rings (SSSR count). The summed E-state index contributed by atoms with van der Waals surface area (Å²) in [6.45, 7) is 0. The molecule has 2 nitrogen and oxygen atoms in total. The van der Waals surface area contributed by atoms with Crippen molar-refractivity contribution in [3.8, 4) is 0 Å². The molecule has 10 atom stereocenters. The van der Waals surface area contributed by atoms with E-state index in [4.69, 9.17) is 21.7 Å². The third-order valence-corrected chi connectivity index (χ3v) is 10.4. The summed E-state index contributed by atoms with van der Waals surface area (Å²) < 4.78 is 13.3. The molecule has 6 saturated carbocycles. The van der Waals surface area contributed by atoms with Crippen molar-refractivity contribution >= 4 is 17.5 Å². The van der Waals surface area contributed by atoms with Crippen LogP contribution in [-0.4, -0.2) is 16.4 Å². The van der Waals surface area contributed by atoms with Crippen LogP contribution in [0.2, 0.25) is 0 Å². The molecule has 0 unspecified atom stereocenters. The van der Waals surface area contributed by atoms with E-state index in [-0.39, 0.29) is 11.2 Å². The average Bonchev–Trinajstić information content (AvgIpc) is 3.32. The van der Waals surface area contributed by atoms with E-state index in [1.165, 1.54) is 64.2 Å². The van der Waals surface area contributed by atoms with Crippen LogP contribution in [0.4, 0.5) is 0 Å². The highest BCUT2D eigenvalue weighted by atomic mass is 32.1. The SMILES string of the molecule is S=C1O[C@]2(C[C@H]3CC[C@H]4CC[C@H]2[C@H]43)[C@@]2(C[C@@H]3CC[C@H]4CC[C@H]2[C@H]43)O1. The van der Waals surface area contributed by atoms with Crippen molar-refractivity contribution in [1.82, 2.24) is 0 Å². The van der Waals surface area contributed by atoms with E-state index in [0.29, 0.717) is 5.24 Å². The lowest BCUT2D eigenvalue weighted by Gasteiger charge is -2.44. The second-order valence-electron chi connectivity index (χ2n) is 10.4. The van der Waals surface area contributed by atoms with Crippen LogP contribution in [-0.2, 0) is 9.47 Å². The Morgan fingerprint density at radius 3 is 1.54 bits per heavy atom. The van der Waals surface area contributed by atoms with Gasteiger partial charge in [0.2, 0.25) is 0 Å². The van der Waals surface area contributed by atoms with Crippen molar-refractivity contribution in [2.75, 3.05) is 0 Å². The minimum absolute atomic E-state index is 0.0293. The lowest BCUT2D eigenvalue weighted by Crippen LogP contribution is -2.57. The fourth-order valence-corrected chi connectivity index (χ4v) is 10.2. The third-order valence-electron chi connectivity index (χ3n) is 10.2. The van der Waals surface area contributed by atoms with Crippen molar-refractivity contribution in [2.24, 2.45) is 47.3 Å². The number of ether oxygens (including phenoxy) is 2. The highest BCUT2D eigenvalue weighted by Gasteiger charge is 2.79. The molecule has 24 heavy (non-hydrogen) atoms.